The number of carbonyl (C=O) groups excluding carboxylic acids is 1. The van der Waals surface area contributed by atoms with E-state index in [0.29, 0.717) is 17.9 Å². The Morgan fingerprint density at radius 1 is 1.58 bits per heavy atom. The minimum Gasteiger partial charge on any atom is -0.337 e. The zero-order valence-electron chi connectivity index (χ0n) is 10.3. The summed E-state index contributed by atoms with van der Waals surface area (Å²) in [5.41, 5.74) is 2.83. The highest BCUT2D eigenvalue weighted by Gasteiger charge is 2.14. The molecule has 0 aliphatic rings. The Bertz CT molecular complexity index is 573. The third-order valence-electron chi connectivity index (χ3n) is 2.51. The van der Waals surface area contributed by atoms with Crippen LogP contribution in [0.1, 0.15) is 15.2 Å². The standard InChI is InChI=1S/C12H13ClN4OS/c1-17(7-9-3-2-4-19-9)12(18)8-5-10(13)15-11(6-8)16-14/h2-6H,7,14H2,1H3,(H,15,16). The van der Waals surface area contributed by atoms with E-state index >= 15 is 0 Å². The predicted octanol–water partition coefficient (Wildman–Crippen LogP) is 2.35. The molecular weight excluding hydrogens is 284 g/mol. The van der Waals surface area contributed by atoms with Crippen molar-refractivity contribution in [1.29, 1.82) is 0 Å². The number of pyridine rings is 1. The molecule has 1 amide bonds. The molecule has 0 aliphatic carbocycles. The second kappa shape index (κ2) is 6.01. The smallest absolute Gasteiger partial charge is 0.254 e. The number of rotatable bonds is 4. The van der Waals surface area contributed by atoms with Gasteiger partial charge in [0.1, 0.15) is 11.0 Å². The Kier molecular flexibility index (Phi) is 4.36. The number of nitrogen functional groups attached to an aromatic ring is 1. The second-order valence-electron chi connectivity index (χ2n) is 3.95. The van der Waals surface area contributed by atoms with Gasteiger partial charge in [-0.2, -0.15) is 0 Å². The molecule has 2 aromatic rings. The first kappa shape index (κ1) is 13.8. The van der Waals surface area contributed by atoms with Crippen LogP contribution in [0.3, 0.4) is 0 Å². The quantitative estimate of drug-likeness (QED) is 0.516. The molecular formula is C12H13ClN4OS. The molecule has 0 unspecified atom stereocenters. The van der Waals surface area contributed by atoms with Crippen LogP contribution in [0.25, 0.3) is 0 Å². The zero-order valence-corrected chi connectivity index (χ0v) is 11.8. The summed E-state index contributed by atoms with van der Waals surface area (Å²) in [6.45, 7) is 0.557. The Morgan fingerprint density at radius 2 is 2.37 bits per heavy atom. The summed E-state index contributed by atoms with van der Waals surface area (Å²) in [4.78, 5) is 18.9. The molecule has 2 aromatic heterocycles. The molecule has 0 saturated heterocycles. The van der Waals surface area contributed by atoms with E-state index in [1.54, 1.807) is 29.4 Å². The van der Waals surface area contributed by atoms with Crippen LogP contribution in [0.15, 0.2) is 29.6 Å². The topological polar surface area (TPSA) is 71.2 Å². The Labute approximate surface area is 120 Å². The Morgan fingerprint density at radius 3 is 3.00 bits per heavy atom. The molecule has 0 aromatic carbocycles. The lowest BCUT2D eigenvalue weighted by Gasteiger charge is -2.16. The largest absolute Gasteiger partial charge is 0.337 e. The molecule has 3 N–H and O–H groups in total. The van der Waals surface area contributed by atoms with Crippen LogP contribution in [0.5, 0.6) is 0 Å². The van der Waals surface area contributed by atoms with Crippen LogP contribution in [0.4, 0.5) is 5.82 Å². The van der Waals surface area contributed by atoms with Crippen LogP contribution in [0, 0.1) is 0 Å². The number of thiophene rings is 1. The van der Waals surface area contributed by atoms with E-state index in [1.807, 2.05) is 17.5 Å². The molecule has 100 valence electrons. The third-order valence-corrected chi connectivity index (χ3v) is 3.56. The van der Waals surface area contributed by atoms with Crippen LogP contribution in [-0.2, 0) is 6.54 Å². The third kappa shape index (κ3) is 3.44. The van der Waals surface area contributed by atoms with Crippen molar-refractivity contribution in [1.82, 2.24) is 9.88 Å². The van der Waals surface area contributed by atoms with E-state index in [2.05, 4.69) is 10.4 Å². The lowest BCUT2D eigenvalue weighted by atomic mass is 10.2. The number of hydrazine groups is 1. The van der Waals surface area contributed by atoms with Gasteiger partial charge in [-0.3, -0.25) is 4.79 Å². The van der Waals surface area contributed by atoms with Crippen molar-refractivity contribution < 1.29 is 4.79 Å². The summed E-state index contributed by atoms with van der Waals surface area (Å²) in [6, 6.07) is 7.04. The van der Waals surface area contributed by atoms with Crippen molar-refractivity contribution >= 4 is 34.7 Å². The Balaban J connectivity index is 2.16. The highest BCUT2D eigenvalue weighted by Crippen LogP contribution is 2.17. The van der Waals surface area contributed by atoms with Gasteiger partial charge in [0.15, 0.2) is 0 Å². The van der Waals surface area contributed by atoms with E-state index < -0.39 is 0 Å². The summed E-state index contributed by atoms with van der Waals surface area (Å²) >= 11 is 7.45. The molecule has 0 fully saturated rings. The van der Waals surface area contributed by atoms with E-state index in [0.717, 1.165) is 4.88 Å². The molecule has 0 radical (unpaired) electrons. The van der Waals surface area contributed by atoms with Crippen molar-refractivity contribution in [2.24, 2.45) is 5.84 Å². The van der Waals surface area contributed by atoms with Gasteiger partial charge < -0.3 is 10.3 Å². The average Bonchev–Trinajstić information content (AvgIpc) is 2.89. The normalized spacial score (nSPS) is 10.3. The minimum absolute atomic E-state index is 0.130. The van der Waals surface area contributed by atoms with Crippen molar-refractivity contribution in [2.75, 3.05) is 12.5 Å². The number of hydrogen-bond acceptors (Lipinski definition) is 5. The van der Waals surface area contributed by atoms with Gasteiger partial charge in [-0.15, -0.1) is 11.3 Å². The maximum absolute atomic E-state index is 12.3. The number of anilines is 1. The summed E-state index contributed by atoms with van der Waals surface area (Å²) in [5.74, 6) is 5.51. The van der Waals surface area contributed by atoms with Gasteiger partial charge in [0.2, 0.25) is 0 Å². The van der Waals surface area contributed by atoms with Gasteiger partial charge in [-0.1, -0.05) is 17.7 Å². The van der Waals surface area contributed by atoms with Gasteiger partial charge in [0.05, 0.1) is 6.54 Å². The zero-order chi connectivity index (χ0) is 13.8. The van der Waals surface area contributed by atoms with Crippen LogP contribution < -0.4 is 11.3 Å². The van der Waals surface area contributed by atoms with Crippen molar-refractivity contribution in [3.05, 3.63) is 45.2 Å². The van der Waals surface area contributed by atoms with Gasteiger partial charge in [-0.05, 0) is 23.6 Å². The monoisotopic (exact) mass is 296 g/mol. The van der Waals surface area contributed by atoms with Gasteiger partial charge in [0, 0.05) is 17.5 Å². The highest BCUT2D eigenvalue weighted by molar-refractivity contribution is 7.09. The molecule has 19 heavy (non-hydrogen) atoms. The highest BCUT2D eigenvalue weighted by atomic mass is 35.5. The van der Waals surface area contributed by atoms with Crippen molar-refractivity contribution in [3.8, 4) is 0 Å². The molecule has 0 atom stereocenters. The van der Waals surface area contributed by atoms with E-state index in [4.69, 9.17) is 17.4 Å². The van der Waals surface area contributed by atoms with E-state index in [1.165, 1.54) is 6.07 Å². The average molecular weight is 297 g/mol. The first-order valence-corrected chi connectivity index (χ1v) is 6.78. The number of amides is 1. The molecule has 2 heterocycles. The van der Waals surface area contributed by atoms with Crippen LogP contribution in [0.2, 0.25) is 5.15 Å². The van der Waals surface area contributed by atoms with Gasteiger partial charge in [0.25, 0.3) is 5.91 Å². The number of nitrogens with zero attached hydrogens (tertiary/aromatic N) is 2. The molecule has 0 spiro atoms. The van der Waals surface area contributed by atoms with E-state index in [-0.39, 0.29) is 11.1 Å². The number of hydrogen-bond donors (Lipinski definition) is 2. The molecule has 2 rings (SSSR count). The first-order chi connectivity index (χ1) is 9.10. The number of halogens is 1. The molecule has 5 nitrogen and oxygen atoms in total. The molecule has 0 aliphatic heterocycles. The second-order valence-corrected chi connectivity index (χ2v) is 5.37. The predicted molar refractivity (Wildman–Crippen MR) is 77.2 cm³/mol. The minimum atomic E-state index is -0.130. The lowest BCUT2D eigenvalue weighted by Crippen LogP contribution is -2.26. The van der Waals surface area contributed by atoms with E-state index in [9.17, 15) is 4.79 Å². The van der Waals surface area contributed by atoms with Crippen molar-refractivity contribution in [3.63, 3.8) is 0 Å². The fraction of sp³-hybridized carbons (Fsp3) is 0.167. The SMILES string of the molecule is CN(Cc1cccs1)C(=O)c1cc(Cl)nc(NN)c1. The maximum atomic E-state index is 12.3. The Hall–Kier alpha value is -1.63. The van der Waals surface area contributed by atoms with Crippen LogP contribution in [-0.4, -0.2) is 22.8 Å². The summed E-state index contributed by atoms with van der Waals surface area (Å²) in [5, 5.41) is 2.20. The number of nitrogens with two attached hydrogens (primary N) is 1. The summed E-state index contributed by atoms with van der Waals surface area (Å²) < 4.78 is 0. The number of aromatic nitrogens is 1. The first-order valence-electron chi connectivity index (χ1n) is 5.52. The summed E-state index contributed by atoms with van der Waals surface area (Å²) in [6.07, 6.45) is 0. The van der Waals surface area contributed by atoms with Gasteiger partial charge >= 0.3 is 0 Å². The fourth-order valence-corrected chi connectivity index (χ4v) is 2.59. The fourth-order valence-electron chi connectivity index (χ4n) is 1.62. The molecule has 0 saturated carbocycles. The van der Waals surface area contributed by atoms with Crippen LogP contribution >= 0.6 is 22.9 Å². The van der Waals surface area contributed by atoms with Gasteiger partial charge in [-0.25, -0.2) is 10.8 Å². The molecule has 0 bridgehead atoms. The number of nitrogens with one attached hydrogen (secondary N) is 1. The van der Waals surface area contributed by atoms with Crippen molar-refractivity contribution in [2.45, 2.75) is 6.54 Å². The maximum Gasteiger partial charge on any atom is 0.254 e. The number of carbonyl (C=O) groups is 1. The lowest BCUT2D eigenvalue weighted by molar-refractivity contribution is 0.0786. The molecule has 7 heteroatoms. The summed E-state index contributed by atoms with van der Waals surface area (Å²) in [7, 11) is 1.74.